The van der Waals surface area contributed by atoms with E-state index in [1.807, 2.05) is 4.90 Å². The van der Waals surface area contributed by atoms with Crippen LogP contribution in [0.4, 0.5) is 37.0 Å². The molecule has 6 amide bonds. The zero-order chi connectivity index (χ0) is 57.9. The van der Waals surface area contributed by atoms with Gasteiger partial charge in [-0.25, -0.2) is 21.6 Å². The highest BCUT2D eigenvalue weighted by atomic mass is 32.2. The molecule has 12 heterocycles. The number of amides is 6. The lowest BCUT2D eigenvalue weighted by molar-refractivity contribution is -0.125. The maximum atomic E-state index is 13.8. The molecular formula is C49H52F3N19O9S2. The minimum atomic E-state index is -3.74. The van der Waals surface area contributed by atoms with E-state index in [-0.39, 0.29) is 79.1 Å². The maximum Gasteiger partial charge on any atom is 0.254 e. The van der Waals surface area contributed by atoms with E-state index in [1.165, 1.54) is 52.7 Å². The van der Waals surface area contributed by atoms with E-state index in [9.17, 15) is 54.6 Å². The van der Waals surface area contributed by atoms with Gasteiger partial charge < -0.3 is 20.0 Å². The van der Waals surface area contributed by atoms with E-state index >= 15 is 0 Å². The summed E-state index contributed by atoms with van der Waals surface area (Å²) in [4.78, 5) is 101. The Morgan fingerprint density at radius 2 is 0.976 bits per heavy atom. The molecule has 28 nitrogen and oxygen atoms in total. The third-order valence-corrected chi connectivity index (χ3v) is 15.8. The van der Waals surface area contributed by atoms with E-state index in [1.54, 1.807) is 26.6 Å². The molecule has 33 heteroatoms. The van der Waals surface area contributed by atoms with Crippen LogP contribution in [0.1, 0.15) is 75.0 Å². The molecule has 6 aromatic heterocycles. The predicted octanol–water partition coefficient (Wildman–Crippen LogP) is 0.659. The van der Waals surface area contributed by atoms with Gasteiger partial charge in [-0.05, 0) is 63.2 Å². The molecule has 0 spiro atoms. The number of sulfone groups is 1. The average molecular weight is 1170 g/mol. The number of hydrogen-bond acceptors (Lipinski definition) is 22. The van der Waals surface area contributed by atoms with Crippen LogP contribution in [-0.4, -0.2) is 183 Å². The summed E-state index contributed by atoms with van der Waals surface area (Å²) in [7, 11) is -5.19. The lowest BCUT2D eigenvalue weighted by Crippen LogP contribution is -2.26. The molecule has 6 aromatic rings. The van der Waals surface area contributed by atoms with Gasteiger partial charge in [0, 0.05) is 71.6 Å². The van der Waals surface area contributed by atoms with E-state index in [0.29, 0.717) is 102 Å². The number of rotatable bonds is 11. The fourth-order valence-corrected chi connectivity index (χ4v) is 10.8. The largest absolute Gasteiger partial charge is 0.351 e. The van der Waals surface area contributed by atoms with Crippen LogP contribution in [0.2, 0.25) is 0 Å². The van der Waals surface area contributed by atoms with Crippen molar-refractivity contribution in [3.63, 3.8) is 0 Å². The SMILES string of the molecule is CS(=O)(=O)c1nc(N2CC[C@H](F)C2)n2ncc(/C=C3\CC(=O)NC3=O)c2n1.CS(=O)c1nc(N2CC[C@H](F)C2)n2ncc(/C=C3\CC(=O)NC3=O)c2n1.C[C@H](Nc1nc(N2CC[C@H](F)C2)n2ncc(/C=C3\CC(=O)NC3=O)c2n1)C1CC1. The average Bonchev–Trinajstić information content (AvgIpc) is 3.69. The minimum absolute atomic E-state index is 0.0175. The van der Waals surface area contributed by atoms with Gasteiger partial charge in [-0.3, -0.25) is 48.9 Å². The summed E-state index contributed by atoms with van der Waals surface area (Å²) in [6, 6.07) is 0.237. The molecule has 13 rings (SSSR count). The van der Waals surface area contributed by atoms with Crippen LogP contribution in [0, 0.1) is 5.92 Å². The lowest BCUT2D eigenvalue weighted by Gasteiger charge is -2.19. The molecule has 0 radical (unpaired) electrons. The second-order valence-corrected chi connectivity index (χ2v) is 23.8. The monoisotopic (exact) mass is 1170 g/mol. The first-order chi connectivity index (χ1) is 39.1. The molecule has 4 N–H and O–H groups in total. The van der Waals surface area contributed by atoms with Crippen LogP contribution < -0.4 is 36.0 Å². The molecule has 6 saturated heterocycles. The van der Waals surface area contributed by atoms with Gasteiger partial charge in [0.15, 0.2) is 16.9 Å². The fraction of sp³-hybridized carbons (Fsp3) is 0.449. The summed E-state index contributed by atoms with van der Waals surface area (Å²) in [5, 5.41) is 22.5. The van der Waals surface area contributed by atoms with E-state index in [0.717, 1.165) is 6.26 Å². The summed E-state index contributed by atoms with van der Waals surface area (Å²) in [5.41, 5.74) is 3.39. The predicted molar refractivity (Wildman–Crippen MR) is 286 cm³/mol. The quantitative estimate of drug-likeness (QED) is 0.102. The summed E-state index contributed by atoms with van der Waals surface area (Å²) >= 11 is 0. The molecular weight excluding hydrogens is 1120 g/mol. The lowest BCUT2D eigenvalue weighted by atomic mass is 10.1. The number of aromatic nitrogens is 12. The Balaban J connectivity index is 0.000000129. The van der Waals surface area contributed by atoms with E-state index in [4.69, 9.17) is 0 Å². The number of anilines is 4. The van der Waals surface area contributed by atoms with E-state index in [2.05, 4.69) is 73.4 Å². The molecule has 0 aromatic carbocycles. The normalized spacial score (nSPS) is 23.4. The standard InChI is InChI=1S/C19H22FN7O2.C15H15FN6O4S.C15H15FN6O3S/c1-10(11-2-3-11)22-18-24-16-13(6-12-7-15(28)23-17(12)29)8-21-27(16)19(25-18)26-5-4-14(20)9-26;1-27(25,26)14-19-12-9(4-8-5-11(23)18-13(8)24)6-17-22(12)15(20-14)21-3-2-10(16)7-21;1-26(25)14-19-12-9(4-8-5-11(23)18-13(8)24)6-17-22(12)15(20-14)21-3-2-10(16)7-21/h6,8,10-11,14H,2-5,7,9H2,1H3,(H,22,24)(H,23,28,29);4,6,10H,2-3,5,7H2,1H3,(H,18,23,24);4,6,10H,2-3,5,7H2,1H3,(H,18,23,24)/b12-6+;2*8-4+/t10-,14-;10-;10-,26?/m000/s1. The summed E-state index contributed by atoms with van der Waals surface area (Å²) in [6.45, 7) is 4.00. The van der Waals surface area contributed by atoms with Crippen molar-refractivity contribution in [1.82, 2.24) is 74.7 Å². The molecule has 7 fully saturated rings. The van der Waals surface area contributed by atoms with Gasteiger partial charge in [0.1, 0.15) is 18.5 Å². The molecule has 0 bridgehead atoms. The van der Waals surface area contributed by atoms with Gasteiger partial charge in [-0.1, -0.05) is 0 Å². The highest BCUT2D eigenvalue weighted by Gasteiger charge is 2.34. The number of hydrogen-bond donors (Lipinski definition) is 4. The Morgan fingerprint density at radius 3 is 1.33 bits per heavy atom. The van der Waals surface area contributed by atoms with Gasteiger partial charge in [-0.2, -0.15) is 58.7 Å². The van der Waals surface area contributed by atoms with Crippen LogP contribution in [0.25, 0.3) is 35.2 Å². The molecule has 82 heavy (non-hydrogen) atoms. The van der Waals surface area contributed by atoms with Crippen molar-refractivity contribution in [2.24, 2.45) is 5.92 Å². The number of carbonyl (C=O) groups is 6. The molecule has 6 aliphatic heterocycles. The topological polar surface area (TPSA) is 341 Å². The van der Waals surface area contributed by atoms with Crippen molar-refractivity contribution in [3.05, 3.63) is 52.0 Å². The van der Waals surface area contributed by atoms with Crippen molar-refractivity contribution < 1.29 is 54.6 Å². The van der Waals surface area contributed by atoms with Crippen LogP contribution in [0.15, 0.2) is 45.6 Å². The number of nitrogens with one attached hydrogen (secondary N) is 4. The molecule has 1 saturated carbocycles. The molecule has 1 aliphatic carbocycles. The van der Waals surface area contributed by atoms with E-state index < -0.39 is 67.9 Å². The van der Waals surface area contributed by atoms with Gasteiger partial charge >= 0.3 is 0 Å². The van der Waals surface area contributed by atoms with Crippen molar-refractivity contribution in [2.75, 3.05) is 71.8 Å². The van der Waals surface area contributed by atoms with Gasteiger partial charge in [0.2, 0.25) is 56.5 Å². The van der Waals surface area contributed by atoms with Gasteiger partial charge in [0.25, 0.3) is 22.9 Å². The number of nitrogens with zero attached hydrogens (tertiary/aromatic N) is 15. The van der Waals surface area contributed by atoms with Gasteiger partial charge in [-0.15, -0.1) is 0 Å². The Kier molecular flexibility index (Phi) is 14.9. The fourth-order valence-electron chi connectivity index (χ4n) is 9.92. The van der Waals surface area contributed by atoms with Crippen LogP contribution in [0.3, 0.4) is 0 Å². The maximum absolute atomic E-state index is 13.8. The summed E-state index contributed by atoms with van der Waals surface area (Å²) < 4.78 is 81.3. The second-order valence-electron chi connectivity index (χ2n) is 20.6. The van der Waals surface area contributed by atoms with Crippen LogP contribution in [-0.2, 0) is 49.4 Å². The minimum Gasteiger partial charge on any atom is -0.351 e. The van der Waals surface area contributed by atoms with Crippen molar-refractivity contribution >= 4 is 115 Å². The molecule has 1 unspecified atom stereocenters. The Hall–Kier alpha value is -8.62. The number of halogens is 3. The highest BCUT2D eigenvalue weighted by Crippen LogP contribution is 2.35. The zero-order valence-electron chi connectivity index (χ0n) is 44.1. The van der Waals surface area contributed by atoms with Gasteiger partial charge in [0.05, 0.1) is 68.3 Å². The third kappa shape index (κ3) is 11.6. The van der Waals surface area contributed by atoms with Crippen molar-refractivity contribution in [2.45, 2.75) is 93.2 Å². The first-order valence-corrected chi connectivity index (χ1v) is 29.5. The molecule has 7 aliphatic rings. The number of alkyl halides is 3. The Morgan fingerprint density at radius 1 is 0.585 bits per heavy atom. The Bertz CT molecular complexity index is 3920. The number of carbonyl (C=O) groups excluding carboxylic acids is 6. The van der Waals surface area contributed by atoms with Crippen LogP contribution in [0.5, 0.6) is 0 Å². The second kappa shape index (κ2) is 22.0. The third-order valence-electron chi connectivity index (χ3n) is 14.3. The van der Waals surface area contributed by atoms with Crippen molar-refractivity contribution in [1.29, 1.82) is 0 Å². The first kappa shape index (κ1) is 55.3. The summed E-state index contributed by atoms with van der Waals surface area (Å²) in [6.07, 6.45) is 12.1. The Labute approximate surface area is 465 Å². The highest BCUT2D eigenvalue weighted by molar-refractivity contribution is 7.90. The molecule has 430 valence electrons. The molecule has 5 atom stereocenters. The van der Waals surface area contributed by atoms with Crippen LogP contribution >= 0.6 is 0 Å². The van der Waals surface area contributed by atoms with Crippen molar-refractivity contribution in [3.8, 4) is 0 Å². The summed E-state index contributed by atoms with van der Waals surface area (Å²) in [5.74, 6) is -0.355. The smallest absolute Gasteiger partial charge is 0.254 e. The first-order valence-electron chi connectivity index (χ1n) is 26.0. The number of fused-ring (bicyclic) bond motifs is 3. The zero-order valence-corrected chi connectivity index (χ0v) is 45.7. The number of imide groups is 3.